The van der Waals surface area contributed by atoms with E-state index in [1.165, 1.54) is 70.6 Å². The van der Waals surface area contributed by atoms with Crippen LogP contribution in [0.25, 0.3) is 0 Å². The van der Waals surface area contributed by atoms with Gasteiger partial charge in [-0.15, -0.1) is 11.8 Å². The Hall–Kier alpha value is -0.970. The largest absolute Gasteiger partial charge is 0.343 e. The number of likely N-dealkylation sites (tertiary alicyclic amines) is 1. The lowest BCUT2D eigenvalue weighted by Gasteiger charge is -2.14. The highest BCUT2D eigenvalue weighted by Crippen LogP contribution is 2.12. The second kappa shape index (κ2) is 15.6. The van der Waals surface area contributed by atoms with Crippen LogP contribution in [0.15, 0.2) is 0 Å². The standard InChI is InChI=1S/C22H39NO/c1-2-3-4-5-6-7-8-9-10-11-12-13-14-15-16-19-22(24)23-20-17-18-21-23/h2-11,14-21H2,1H3. The molecule has 1 rings (SSSR count). The van der Waals surface area contributed by atoms with Crippen molar-refractivity contribution in [2.75, 3.05) is 13.1 Å². The number of hydrogen-bond donors (Lipinski definition) is 0. The summed E-state index contributed by atoms with van der Waals surface area (Å²) in [5.74, 6) is 6.94. The van der Waals surface area contributed by atoms with Crippen LogP contribution in [-0.2, 0) is 4.79 Å². The van der Waals surface area contributed by atoms with E-state index in [0.29, 0.717) is 5.91 Å². The van der Waals surface area contributed by atoms with E-state index < -0.39 is 0 Å². The van der Waals surface area contributed by atoms with Gasteiger partial charge in [-0.1, -0.05) is 58.3 Å². The molecular formula is C22H39NO. The van der Waals surface area contributed by atoms with Gasteiger partial charge < -0.3 is 4.90 Å². The van der Waals surface area contributed by atoms with Crippen molar-refractivity contribution in [2.24, 2.45) is 0 Å². The zero-order valence-electron chi connectivity index (χ0n) is 16.1. The van der Waals surface area contributed by atoms with E-state index in [2.05, 4.69) is 18.8 Å². The molecule has 0 aromatic carbocycles. The van der Waals surface area contributed by atoms with E-state index in [1.807, 2.05) is 4.90 Å². The van der Waals surface area contributed by atoms with Gasteiger partial charge in [0.15, 0.2) is 0 Å². The van der Waals surface area contributed by atoms with E-state index in [0.717, 1.165) is 45.2 Å². The van der Waals surface area contributed by atoms with Crippen molar-refractivity contribution in [2.45, 2.75) is 110 Å². The van der Waals surface area contributed by atoms with Gasteiger partial charge in [-0.25, -0.2) is 0 Å². The zero-order valence-corrected chi connectivity index (χ0v) is 16.1. The van der Waals surface area contributed by atoms with Gasteiger partial charge in [0.05, 0.1) is 0 Å². The molecule has 1 aliphatic rings. The third kappa shape index (κ3) is 11.5. The van der Waals surface area contributed by atoms with Crippen molar-refractivity contribution in [1.82, 2.24) is 4.90 Å². The topological polar surface area (TPSA) is 20.3 Å². The molecule has 2 heteroatoms. The number of rotatable bonds is 13. The number of nitrogens with zero attached hydrogens (tertiary/aromatic N) is 1. The van der Waals surface area contributed by atoms with Crippen LogP contribution >= 0.6 is 0 Å². The van der Waals surface area contributed by atoms with Gasteiger partial charge in [0.2, 0.25) is 5.91 Å². The molecule has 0 saturated carbocycles. The first kappa shape index (κ1) is 21.1. The molecule has 0 atom stereocenters. The van der Waals surface area contributed by atoms with Crippen molar-refractivity contribution in [3.63, 3.8) is 0 Å². The van der Waals surface area contributed by atoms with Crippen molar-refractivity contribution >= 4 is 5.91 Å². The van der Waals surface area contributed by atoms with Crippen LogP contribution in [0.2, 0.25) is 0 Å². The predicted octanol–water partition coefficient (Wildman–Crippen LogP) is 6.09. The Bertz CT molecular complexity index is 360. The first-order valence-electron chi connectivity index (χ1n) is 10.6. The number of amides is 1. The molecule has 0 radical (unpaired) electrons. The van der Waals surface area contributed by atoms with Crippen LogP contribution in [0.1, 0.15) is 110 Å². The molecule has 0 N–H and O–H groups in total. The van der Waals surface area contributed by atoms with Crippen LogP contribution in [-0.4, -0.2) is 23.9 Å². The first-order valence-corrected chi connectivity index (χ1v) is 10.6. The van der Waals surface area contributed by atoms with E-state index in [1.54, 1.807) is 0 Å². The molecule has 0 aromatic rings. The SMILES string of the molecule is CCCCCCCCCCCC#CCCCCC(=O)N1CCCC1. The summed E-state index contributed by atoms with van der Waals surface area (Å²) in [5.41, 5.74) is 0. The number of unbranched alkanes of at least 4 members (excludes halogenated alkanes) is 11. The minimum atomic E-state index is 0.357. The van der Waals surface area contributed by atoms with Crippen LogP contribution in [0.4, 0.5) is 0 Å². The highest BCUT2D eigenvalue weighted by atomic mass is 16.2. The van der Waals surface area contributed by atoms with Crippen molar-refractivity contribution in [1.29, 1.82) is 0 Å². The summed E-state index contributed by atoms with van der Waals surface area (Å²) in [7, 11) is 0. The maximum Gasteiger partial charge on any atom is 0.222 e. The Morgan fingerprint density at radius 3 is 1.83 bits per heavy atom. The minimum absolute atomic E-state index is 0.357. The van der Waals surface area contributed by atoms with Crippen LogP contribution in [0.3, 0.4) is 0 Å². The van der Waals surface area contributed by atoms with Crippen LogP contribution in [0, 0.1) is 11.8 Å². The van der Waals surface area contributed by atoms with Crippen molar-refractivity contribution in [3.8, 4) is 11.8 Å². The molecule has 0 aromatic heterocycles. The Kier molecular flexibility index (Phi) is 13.7. The molecule has 1 amide bonds. The van der Waals surface area contributed by atoms with E-state index >= 15 is 0 Å². The molecule has 2 nitrogen and oxygen atoms in total. The first-order chi connectivity index (χ1) is 11.8. The summed E-state index contributed by atoms with van der Waals surface area (Å²) < 4.78 is 0. The maximum atomic E-state index is 11.9. The molecule has 0 unspecified atom stereocenters. The molecule has 1 fully saturated rings. The third-order valence-electron chi connectivity index (χ3n) is 4.93. The normalized spacial score (nSPS) is 13.8. The second-order valence-electron chi connectivity index (χ2n) is 7.23. The smallest absolute Gasteiger partial charge is 0.222 e. The Morgan fingerprint density at radius 1 is 0.750 bits per heavy atom. The minimum Gasteiger partial charge on any atom is -0.343 e. The van der Waals surface area contributed by atoms with E-state index in [9.17, 15) is 4.79 Å². The van der Waals surface area contributed by atoms with Gasteiger partial charge in [0, 0.05) is 32.4 Å². The molecule has 0 bridgehead atoms. The summed E-state index contributed by atoms with van der Waals surface area (Å²) >= 11 is 0. The quantitative estimate of drug-likeness (QED) is 0.295. The predicted molar refractivity (Wildman–Crippen MR) is 104 cm³/mol. The monoisotopic (exact) mass is 333 g/mol. The summed E-state index contributed by atoms with van der Waals surface area (Å²) in [6.45, 7) is 4.24. The molecule has 138 valence electrons. The summed E-state index contributed by atoms with van der Waals surface area (Å²) in [4.78, 5) is 13.9. The fourth-order valence-corrected chi connectivity index (χ4v) is 3.32. The van der Waals surface area contributed by atoms with Crippen molar-refractivity contribution < 1.29 is 4.79 Å². The Balaban J connectivity index is 1.80. The number of carbonyl (C=O) groups is 1. The summed E-state index contributed by atoms with van der Waals surface area (Å²) in [5, 5.41) is 0. The molecular weight excluding hydrogens is 294 g/mol. The molecule has 1 heterocycles. The van der Waals surface area contributed by atoms with Gasteiger partial charge in [0.1, 0.15) is 0 Å². The number of carbonyl (C=O) groups excluding carboxylic acids is 1. The molecule has 0 aliphatic carbocycles. The lowest BCUT2D eigenvalue weighted by atomic mass is 10.1. The average Bonchev–Trinajstić information content (AvgIpc) is 3.13. The second-order valence-corrected chi connectivity index (χ2v) is 7.23. The Labute approximate surface area is 150 Å². The van der Waals surface area contributed by atoms with Gasteiger partial charge in [-0.3, -0.25) is 4.79 Å². The van der Waals surface area contributed by atoms with Gasteiger partial charge in [0.25, 0.3) is 0 Å². The molecule has 0 spiro atoms. The van der Waals surface area contributed by atoms with Gasteiger partial charge in [-0.05, 0) is 32.1 Å². The maximum absolute atomic E-state index is 11.9. The Morgan fingerprint density at radius 2 is 1.25 bits per heavy atom. The average molecular weight is 334 g/mol. The van der Waals surface area contributed by atoms with Crippen molar-refractivity contribution in [3.05, 3.63) is 0 Å². The summed E-state index contributed by atoms with van der Waals surface area (Å²) in [6.07, 6.45) is 19.6. The van der Waals surface area contributed by atoms with E-state index in [4.69, 9.17) is 0 Å². The highest BCUT2D eigenvalue weighted by molar-refractivity contribution is 5.76. The lowest BCUT2D eigenvalue weighted by molar-refractivity contribution is -0.130. The number of hydrogen-bond acceptors (Lipinski definition) is 1. The van der Waals surface area contributed by atoms with Gasteiger partial charge in [-0.2, -0.15) is 0 Å². The summed E-state index contributed by atoms with van der Waals surface area (Å²) in [6, 6.07) is 0. The van der Waals surface area contributed by atoms with Crippen LogP contribution in [0.5, 0.6) is 0 Å². The van der Waals surface area contributed by atoms with Crippen LogP contribution < -0.4 is 0 Å². The van der Waals surface area contributed by atoms with Gasteiger partial charge >= 0.3 is 0 Å². The van der Waals surface area contributed by atoms with E-state index in [-0.39, 0.29) is 0 Å². The highest BCUT2D eigenvalue weighted by Gasteiger charge is 2.16. The molecule has 24 heavy (non-hydrogen) atoms. The molecule has 1 saturated heterocycles. The lowest BCUT2D eigenvalue weighted by Crippen LogP contribution is -2.27. The zero-order chi connectivity index (χ0) is 17.3. The third-order valence-corrected chi connectivity index (χ3v) is 4.93. The fraction of sp³-hybridized carbons (Fsp3) is 0.864. The fourth-order valence-electron chi connectivity index (χ4n) is 3.32. The molecule has 1 aliphatic heterocycles.